The number of ether oxygens (including phenoxy) is 3. The van der Waals surface area contributed by atoms with Gasteiger partial charge in [-0.05, 0) is 71.1 Å². The third-order valence-corrected chi connectivity index (χ3v) is 6.46. The van der Waals surface area contributed by atoms with Crippen LogP contribution >= 0.6 is 22.6 Å². The van der Waals surface area contributed by atoms with E-state index in [2.05, 4.69) is 47.3 Å². The molecule has 10 nitrogen and oxygen atoms in total. The van der Waals surface area contributed by atoms with Gasteiger partial charge in [0.15, 0.2) is 5.69 Å². The first-order valence-corrected chi connectivity index (χ1v) is 13.0. The monoisotopic (exact) mass is 686 g/mol. The number of fused-ring (bicyclic) bond motifs is 2. The molecule has 0 N–H and O–H groups in total. The van der Waals surface area contributed by atoms with Gasteiger partial charge in [-0.3, -0.25) is 8.80 Å². The van der Waals surface area contributed by atoms with Crippen LogP contribution in [0, 0.1) is 15.3 Å². The standard InChI is InChI=1S/C15H12FN3O3.C13H9FIN3O.CH4/c1-21-14-12-7-17-13(9-3-5-10(16)6-4-9)19(12)8-11(18-14)15(20)22-2;1-19-13-10-6-16-12(18(10)7-11(15)17-13)8-2-4-9(14)5-3-8;/h3-8H,1-2H3;2-7H,1H3;1H4. The van der Waals surface area contributed by atoms with Crippen molar-refractivity contribution < 1.29 is 27.8 Å². The van der Waals surface area contributed by atoms with E-state index in [-0.39, 0.29) is 30.6 Å². The summed E-state index contributed by atoms with van der Waals surface area (Å²) in [6.07, 6.45) is 6.64. The van der Waals surface area contributed by atoms with Crippen LogP contribution in [0.15, 0.2) is 73.3 Å². The molecule has 216 valence electrons. The van der Waals surface area contributed by atoms with Gasteiger partial charge in [0.25, 0.3) is 0 Å². The van der Waals surface area contributed by atoms with E-state index in [1.807, 2.05) is 10.6 Å². The lowest BCUT2D eigenvalue weighted by Gasteiger charge is -2.07. The Hall–Kier alpha value is -4.66. The average molecular weight is 686 g/mol. The van der Waals surface area contributed by atoms with Gasteiger partial charge in [0.2, 0.25) is 11.8 Å². The Bertz CT molecular complexity index is 1860. The van der Waals surface area contributed by atoms with Crippen LogP contribution in [-0.2, 0) is 4.74 Å². The molecule has 0 aliphatic rings. The SMILES string of the molecule is C.COC(=O)c1cn2c(-c3ccc(F)cc3)ncc2c(OC)n1.COc1nc(I)cn2c(-c3ccc(F)cc3)ncc12. The minimum atomic E-state index is -0.584. The predicted octanol–water partition coefficient (Wildman–Crippen LogP) is 6.12. The third-order valence-electron chi connectivity index (χ3n) is 5.94. The number of hydrogen-bond acceptors (Lipinski definition) is 8. The molecular weight excluding hydrogens is 661 g/mol. The van der Waals surface area contributed by atoms with Gasteiger partial charge >= 0.3 is 5.97 Å². The molecule has 0 aliphatic carbocycles. The summed E-state index contributed by atoms with van der Waals surface area (Å²) in [4.78, 5) is 28.8. The largest absolute Gasteiger partial charge is 0.479 e. The average Bonchev–Trinajstić information content (AvgIpc) is 3.61. The van der Waals surface area contributed by atoms with Crippen LogP contribution in [0.25, 0.3) is 33.8 Å². The Morgan fingerprint density at radius 3 is 1.64 bits per heavy atom. The molecule has 6 aromatic rings. The summed E-state index contributed by atoms with van der Waals surface area (Å²) in [7, 11) is 4.30. The fourth-order valence-electron chi connectivity index (χ4n) is 4.04. The van der Waals surface area contributed by atoms with Crippen molar-refractivity contribution in [2.75, 3.05) is 21.3 Å². The van der Waals surface area contributed by atoms with Gasteiger partial charge in [-0.2, -0.15) is 0 Å². The summed E-state index contributed by atoms with van der Waals surface area (Å²) in [6.45, 7) is 0. The molecule has 2 aromatic carbocycles. The first-order valence-electron chi connectivity index (χ1n) is 11.9. The first kappa shape index (κ1) is 30.3. The highest BCUT2D eigenvalue weighted by molar-refractivity contribution is 14.1. The minimum Gasteiger partial charge on any atom is -0.479 e. The fraction of sp³-hybridized carbons (Fsp3) is 0.138. The summed E-state index contributed by atoms with van der Waals surface area (Å²) in [5.41, 5.74) is 3.00. The van der Waals surface area contributed by atoms with Gasteiger partial charge in [-0.1, -0.05) is 7.43 Å². The molecule has 13 heteroatoms. The van der Waals surface area contributed by atoms with Crippen LogP contribution < -0.4 is 9.47 Å². The lowest BCUT2D eigenvalue weighted by atomic mass is 10.2. The molecule has 0 amide bonds. The van der Waals surface area contributed by atoms with Gasteiger partial charge in [0.1, 0.15) is 38.0 Å². The van der Waals surface area contributed by atoms with E-state index in [0.717, 1.165) is 20.6 Å². The van der Waals surface area contributed by atoms with E-state index < -0.39 is 5.97 Å². The maximum absolute atomic E-state index is 13.1. The van der Waals surface area contributed by atoms with Crippen molar-refractivity contribution in [1.82, 2.24) is 28.7 Å². The number of imidazole rings is 2. The van der Waals surface area contributed by atoms with Crippen molar-refractivity contribution in [2.45, 2.75) is 7.43 Å². The Morgan fingerprint density at radius 2 is 1.19 bits per heavy atom. The van der Waals surface area contributed by atoms with Crippen molar-refractivity contribution in [3.05, 3.63) is 94.3 Å². The zero-order chi connectivity index (χ0) is 29.1. The molecule has 0 saturated carbocycles. The second-order valence-corrected chi connectivity index (χ2v) is 9.49. The summed E-state index contributed by atoms with van der Waals surface area (Å²) in [5.74, 6) is 0.863. The number of carbonyl (C=O) groups is 1. The molecule has 4 aromatic heterocycles. The van der Waals surface area contributed by atoms with Crippen molar-refractivity contribution in [1.29, 1.82) is 0 Å². The smallest absolute Gasteiger partial charge is 0.358 e. The highest BCUT2D eigenvalue weighted by Crippen LogP contribution is 2.27. The second-order valence-electron chi connectivity index (χ2n) is 8.39. The summed E-state index contributed by atoms with van der Waals surface area (Å²) < 4.78 is 45.5. The molecule has 0 bridgehead atoms. The number of aromatic nitrogens is 6. The number of benzene rings is 2. The number of esters is 1. The first-order chi connectivity index (χ1) is 19.8. The quantitative estimate of drug-likeness (QED) is 0.158. The molecule has 0 aliphatic heterocycles. The van der Waals surface area contributed by atoms with Crippen LogP contribution in [0.1, 0.15) is 17.9 Å². The van der Waals surface area contributed by atoms with Gasteiger partial charge in [-0.25, -0.2) is 33.5 Å². The Labute approximate surface area is 253 Å². The van der Waals surface area contributed by atoms with Gasteiger partial charge < -0.3 is 14.2 Å². The van der Waals surface area contributed by atoms with Crippen LogP contribution in [-0.4, -0.2) is 56.0 Å². The summed E-state index contributed by atoms with van der Waals surface area (Å²) >= 11 is 2.12. The van der Waals surface area contributed by atoms with Crippen molar-refractivity contribution in [3.8, 4) is 34.5 Å². The van der Waals surface area contributed by atoms with Crippen molar-refractivity contribution in [2.24, 2.45) is 0 Å². The van der Waals surface area contributed by atoms with E-state index in [0.29, 0.717) is 22.8 Å². The molecule has 0 saturated heterocycles. The van der Waals surface area contributed by atoms with Crippen LogP contribution in [0.2, 0.25) is 0 Å². The molecule has 6 rings (SSSR count). The Morgan fingerprint density at radius 1 is 0.738 bits per heavy atom. The molecule has 42 heavy (non-hydrogen) atoms. The van der Waals surface area contributed by atoms with E-state index in [9.17, 15) is 13.6 Å². The van der Waals surface area contributed by atoms with Crippen molar-refractivity contribution >= 4 is 39.6 Å². The predicted molar refractivity (Wildman–Crippen MR) is 161 cm³/mol. The highest BCUT2D eigenvalue weighted by atomic mass is 127. The molecular formula is C29H25F2IN6O4. The molecule has 4 heterocycles. The van der Waals surface area contributed by atoms with Gasteiger partial charge in [0, 0.05) is 23.5 Å². The van der Waals surface area contributed by atoms with E-state index >= 15 is 0 Å². The Kier molecular flexibility index (Phi) is 9.30. The molecule has 0 atom stereocenters. The van der Waals surface area contributed by atoms with Crippen LogP contribution in [0.4, 0.5) is 8.78 Å². The fourth-order valence-corrected chi connectivity index (χ4v) is 4.53. The zero-order valence-electron chi connectivity index (χ0n) is 21.9. The number of hydrogen-bond donors (Lipinski definition) is 0. The van der Waals surface area contributed by atoms with E-state index in [1.54, 1.807) is 48.2 Å². The second kappa shape index (κ2) is 12.9. The zero-order valence-corrected chi connectivity index (χ0v) is 24.0. The number of carbonyl (C=O) groups excluding carboxylic acids is 1. The summed E-state index contributed by atoms with van der Waals surface area (Å²) in [6, 6.07) is 12.1. The number of rotatable bonds is 5. The third kappa shape index (κ3) is 6.00. The molecule has 0 spiro atoms. The summed E-state index contributed by atoms with van der Waals surface area (Å²) in [5, 5.41) is 0. The normalized spacial score (nSPS) is 10.5. The number of nitrogens with zero attached hydrogens (tertiary/aromatic N) is 6. The minimum absolute atomic E-state index is 0. The molecule has 0 radical (unpaired) electrons. The lowest BCUT2D eigenvalue weighted by molar-refractivity contribution is 0.0592. The van der Waals surface area contributed by atoms with Crippen LogP contribution in [0.3, 0.4) is 0 Å². The number of methoxy groups -OCH3 is 3. The molecule has 0 unspecified atom stereocenters. The highest BCUT2D eigenvalue weighted by Gasteiger charge is 2.17. The van der Waals surface area contributed by atoms with Gasteiger partial charge in [0.05, 0.1) is 33.7 Å². The topological polar surface area (TPSA) is 105 Å². The van der Waals surface area contributed by atoms with E-state index in [1.165, 1.54) is 44.7 Å². The number of halogens is 3. The Balaban J connectivity index is 0.000000190. The molecule has 0 fully saturated rings. The maximum atomic E-state index is 13.1. The van der Waals surface area contributed by atoms with Crippen LogP contribution in [0.5, 0.6) is 11.8 Å². The van der Waals surface area contributed by atoms with Gasteiger partial charge in [-0.15, -0.1) is 0 Å². The lowest BCUT2D eigenvalue weighted by Crippen LogP contribution is -2.08. The maximum Gasteiger partial charge on any atom is 0.358 e. The van der Waals surface area contributed by atoms with E-state index in [4.69, 9.17) is 9.47 Å². The van der Waals surface area contributed by atoms with Crippen molar-refractivity contribution in [3.63, 3.8) is 0 Å².